The number of hydrogen-bond acceptors (Lipinski definition) is 2. The lowest BCUT2D eigenvalue weighted by Crippen LogP contribution is -2.53. The molecule has 0 radical (unpaired) electrons. The molecular formula is C18H19N3O. The van der Waals surface area contributed by atoms with Gasteiger partial charge in [-0.25, -0.2) is 0 Å². The molecule has 1 aliphatic heterocycles. The Morgan fingerprint density at radius 1 is 0.955 bits per heavy atom. The van der Waals surface area contributed by atoms with E-state index in [9.17, 15) is 4.79 Å². The molecule has 4 nitrogen and oxygen atoms in total. The molecule has 1 saturated heterocycles. The predicted molar refractivity (Wildman–Crippen MR) is 87.6 cm³/mol. The summed E-state index contributed by atoms with van der Waals surface area (Å²) in [6, 6.07) is 20.2. The zero-order valence-electron chi connectivity index (χ0n) is 12.7. The van der Waals surface area contributed by atoms with Crippen molar-refractivity contribution in [3.05, 3.63) is 71.8 Å². The Morgan fingerprint density at radius 2 is 1.50 bits per heavy atom. The Balaban J connectivity index is 2.08. The van der Waals surface area contributed by atoms with Gasteiger partial charge in [0.15, 0.2) is 5.84 Å². The molecule has 3 rings (SSSR count). The van der Waals surface area contributed by atoms with Crippen LogP contribution in [0, 0.1) is 0 Å². The number of carbonyl (C=O) groups excluding carboxylic acids is 1. The highest BCUT2D eigenvalue weighted by Gasteiger charge is 2.38. The van der Waals surface area contributed by atoms with Crippen LogP contribution in [-0.4, -0.2) is 30.7 Å². The van der Waals surface area contributed by atoms with Crippen molar-refractivity contribution in [3.63, 3.8) is 0 Å². The standard InChI is InChI=1S/C18H19N3O/c1-19-17-18(22)21(2)16(14-11-7-4-8-12-14)15(20-17)13-9-5-3-6-10-13/h3-12,15-16H,1-2H3,(H,19,20). The Bertz CT molecular complexity index is 682. The molecule has 1 heterocycles. The Labute approximate surface area is 130 Å². The zero-order valence-corrected chi connectivity index (χ0v) is 12.7. The van der Waals surface area contributed by atoms with Crippen molar-refractivity contribution in [3.8, 4) is 0 Å². The van der Waals surface area contributed by atoms with E-state index in [4.69, 9.17) is 0 Å². The van der Waals surface area contributed by atoms with Crippen LogP contribution in [0.4, 0.5) is 0 Å². The van der Waals surface area contributed by atoms with Gasteiger partial charge in [0.05, 0.1) is 12.1 Å². The number of piperazine rings is 1. The highest BCUT2D eigenvalue weighted by Crippen LogP contribution is 2.36. The van der Waals surface area contributed by atoms with E-state index >= 15 is 0 Å². The number of benzene rings is 2. The number of nitrogens with zero attached hydrogens (tertiary/aromatic N) is 2. The third kappa shape index (κ3) is 2.48. The smallest absolute Gasteiger partial charge is 0.289 e. The molecule has 1 amide bonds. The van der Waals surface area contributed by atoms with Crippen LogP contribution in [0.5, 0.6) is 0 Å². The first-order chi connectivity index (χ1) is 10.7. The fourth-order valence-corrected chi connectivity index (χ4v) is 2.96. The predicted octanol–water partition coefficient (Wildman–Crippen LogP) is 2.56. The van der Waals surface area contributed by atoms with E-state index in [1.807, 2.05) is 43.4 Å². The average Bonchev–Trinajstić information content (AvgIpc) is 2.58. The molecule has 1 N–H and O–H groups in total. The molecule has 1 fully saturated rings. The molecule has 2 aromatic rings. The van der Waals surface area contributed by atoms with Crippen LogP contribution in [0.2, 0.25) is 0 Å². The number of rotatable bonds is 2. The van der Waals surface area contributed by atoms with E-state index in [-0.39, 0.29) is 18.0 Å². The zero-order chi connectivity index (χ0) is 15.5. The van der Waals surface area contributed by atoms with Crippen molar-refractivity contribution in [1.82, 2.24) is 10.2 Å². The largest absolute Gasteiger partial charge is 0.357 e. The normalized spacial score (nSPS) is 23.5. The minimum absolute atomic E-state index is 0.0231. The van der Waals surface area contributed by atoms with Gasteiger partial charge in [-0.05, 0) is 11.1 Å². The first-order valence-electron chi connectivity index (χ1n) is 7.32. The van der Waals surface area contributed by atoms with E-state index in [2.05, 4.69) is 34.6 Å². The maximum Gasteiger partial charge on any atom is 0.289 e. The maximum atomic E-state index is 12.4. The van der Waals surface area contributed by atoms with Crippen molar-refractivity contribution in [2.45, 2.75) is 12.1 Å². The van der Waals surface area contributed by atoms with Crippen molar-refractivity contribution < 1.29 is 4.79 Å². The minimum Gasteiger partial charge on any atom is -0.357 e. The second-order valence-corrected chi connectivity index (χ2v) is 5.38. The van der Waals surface area contributed by atoms with Gasteiger partial charge in [0.2, 0.25) is 0 Å². The second-order valence-electron chi connectivity index (χ2n) is 5.38. The fraction of sp³-hybridized carbons (Fsp3) is 0.222. The minimum atomic E-state index is -0.0801. The van der Waals surface area contributed by atoms with Crippen LogP contribution in [-0.2, 0) is 4.79 Å². The molecule has 2 aromatic carbocycles. The van der Waals surface area contributed by atoms with Gasteiger partial charge in [0.1, 0.15) is 0 Å². The molecule has 0 spiro atoms. The highest BCUT2D eigenvalue weighted by molar-refractivity contribution is 6.38. The molecule has 22 heavy (non-hydrogen) atoms. The highest BCUT2D eigenvalue weighted by atomic mass is 16.2. The summed E-state index contributed by atoms with van der Waals surface area (Å²) in [5, 5.41) is 3.31. The summed E-state index contributed by atoms with van der Waals surface area (Å²) in [6.07, 6.45) is 0. The van der Waals surface area contributed by atoms with Gasteiger partial charge in [-0.1, -0.05) is 60.7 Å². The monoisotopic (exact) mass is 293 g/mol. The summed E-state index contributed by atoms with van der Waals surface area (Å²) < 4.78 is 0. The van der Waals surface area contributed by atoms with Gasteiger partial charge in [-0.3, -0.25) is 9.79 Å². The molecule has 0 aliphatic carbocycles. The number of aliphatic imine (C=N–C) groups is 1. The van der Waals surface area contributed by atoms with Crippen LogP contribution in [0.1, 0.15) is 23.2 Å². The van der Waals surface area contributed by atoms with Crippen LogP contribution >= 0.6 is 0 Å². The van der Waals surface area contributed by atoms with Gasteiger partial charge in [-0.15, -0.1) is 0 Å². The second kappa shape index (κ2) is 6.02. The molecule has 0 bridgehead atoms. The number of nitrogens with one attached hydrogen (secondary N) is 1. The van der Waals surface area contributed by atoms with Gasteiger partial charge in [-0.2, -0.15) is 0 Å². The van der Waals surface area contributed by atoms with Crippen molar-refractivity contribution in [2.24, 2.45) is 4.99 Å². The quantitative estimate of drug-likeness (QED) is 0.925. The number of amidine groups is 1. The fourth-order valence-electron chi connectivity index (χ4n) is 2.96. The van der Waals surface area contributed by atoms with E-state index in [1.54, 1.807) is 11.9 Å². The van der Waals surface area contributed by atoms with Crippen molar-refractivity contribution in [1.29, 1.82) is 0 Å². The Kier molecular flexibility index (Phi) is 3.92. The van der Waals surface area contributed by atoms with Gasteiger partial charge < -0.3 is 10.2 Å². The summed E-state index contributed by atoms with van der Waals surface area (Å²) >= 11 is 0. The SMILES string of the molecule is CN=C1NC(c2ccccc2)C(c2ccccc2)N(C)C1=O. The number of amides is 1. The van der Waals surface area contributed by atoms with Crippen LogP contribution < -0.4 is 5.32 Å². The van der Waals surface area contributed by atoms with Crippen LogP contribution in [0.15, 0.2) is 65.7 Å². The van der Waals surface area contributed by atoms with Crippen molar-refractivity contribution >= 4 is 11.7 Å². The van der Waals surface area contributed by atoms with Gasteiger partial charge in [0.25, 0.3) is 5.91 Å². The summed E-state index contributed by atoms with van der Waals surface area (Å²) in [6.45, 7) is 0. The summed E-state index contributed by atoms with van der Waals surface area (Å²) in [4.78, 5) is 18.3. The molecule has 2 atom stereocenters. The molecule has 0 saturated carbocycles. The number of hydrogen-bond donors (Lipinski definition) is 1. The van der Waals surface area contributed by atoms with E-state index in [0.717, 1.165) is 11.1 Å². The third-order valence-corrected chi connectivity index (χ3v) is 4.07. The molecule has 112 valence electrons. The van der Waals surface area contributed by atoms with Gasteiger partial charge in [0, 0.05) is 14.1 Å². The van der Waals surface area contributed by atoms with Gasteiger partial charge >= 0.3 is 0 Å². The van der Waals surface area contributed by atoms with E-state index in [1.165, 1.54) is 0 Å². The molecule has 1 aliphatic rings. The lowest BCUT2D eigenvalue weighted by Gasteiger charge is -2.41. The number of likely N-dealkylation sites (N-methyl/N-ethyl adjacent to an activating group) is 1. The summed E-state index contributed by atoms with van der Waals surface area (Å²) in [5.41, 5.74) is 2.24. The molecular weight excluding hydrogens is 274 g/mol. The summed E-state index contributed by atoms with van der Waals surface area (Å²) in [7, 11) is 3.47. The topological polar surface area (TPSA) is 44.7 Å². The third-order valence-electron chi connectivity index (χ3n) is 4.07. The number of carbonyl (C=O) groups is 1. The summed E-state index contributed by atoms with van der Waals surface area (Å²) in [5.74, 6) is 0.326. The van der Waals surface area contributed by atoms with Crippen LogP contribution in [0.25, 0.3) is 0 Å². The Morgan fingerprint density at radius 3 is 2.05 bits per heavy atom. The lowest BCUT2D eigenvalue weighted by molar-refractivity contribution is -0.127. The van der Waals surface area contributed by atoms with Crippen molar-refractivity contribution in [2.75, 3.05) is 14.1 Å². The van der Waals surface area contributed by atoms with E-state index in [0.29, 0.717) is 5.84 Å². The maximum absolute atomic E-state index is 12.4. The van der Waals surface area contributed by atoms with Crippen LogP contribution in [0.3, 0.4) is 0 Å². The first kappa shape index (κ1) is 14.3. The Hall–Kier alpha value is -2.62. The lowest BCUT2D eigenvalue weighted by atomic mass is 9.90. The average molecular weight is 293 g/mol. The van der Waals surface area contributed by atoms with E-state index < -0.39 is 0 Å². The molecule has 2 unspecified atom stereocenters. The molecule has 0 aromatic heterocycles. The molecule has 4 heteroatoms. The first-order valence-corrected chi connectivity index (χ1v) is 7.32.